The lowest BCUT2D eigenvalue weighted by Crippen LogP contribution is -1.99. The summed E-state index contributed by atoms with van der Waals surface area (Å²) >= 11 is 0. The fraction of sp³-hybridized carbons (Fsp3) is 0.182. The van der Waals surface area contributed by atoms with Crippen LogP contribution in [0.3, 0.4) is 0 Å². The summed E-state index contributed by atoms with van der Waals surface area (Å²) in [5.41, 5.74) is 5.06. The molecule has 144 valence electrons. The molecule has 0 saturated carbocycles. The van der Waals surface area contributed by atoms with E-state index >= 15 is 0 Å². The zero-order chi connectivity index (χ0) is 20.5. The van der Waals surface area contributed by atoms with Gasteiger partial charge in [0.1, 0.15) is 17.4 Å². The van der Waals surface area contributed by atoms with Gasteiger partial charge in [0.05, 0.1) is 0 Å². The van der Waals surface area contributed by atoms with E-state index in [1.807, 2.05) is 68.7 Å². The van der Waals surface area contributed by atoms with Gasteiger partial charge in [0.25, 0.3) is 5.89 Å². The highest BCUT2D eigenvalue weighted by Crippen LogP contribution is 2.26. The molecule has 0 aliphatic carbocycles. The molecule has 0 atom stereocenters. The van der Waals surface area contributed by atoms with Crippen LogP contribution in [0, 0.1) is 39.0 Å². The Morgan fingerprint density at radius 2 is 1.79 bits per heavy atom. The van der Waals surface area contributed by atoms with Crippen molar-refractivity contribution in [2.24, 2.45) is 0 Å². The van der Waals surface area contributed by atoms with Crippen molar-refractivity contribution in [3.8, 4) is 23.3 Å². The lowest BCUT2D eigenvalue weighted by atomic mass is 10.1. The van der Waals surface area contributed by atoms with Crippen molar-refractivity contribution >= 4 is 11.6 Å². The fourth-order valence-electron chi connectivity index (χ4n) is 3.20. The number of aromatic nitrogens is 4. The molecule has 3 heterocycles. The summed E-state index contributed by atoms with van der Waals surface area (Å²) in [6, 6.07) is 13.8. The largest absolute Gasteiger partial charge is 0.360 e. The van der Waals surface area contributed by atoms with E-state index in [0.717, 1.165) is 33.8 Å². The minimum Gasteiger partial charge on any atom is -0.360 e. The lowest BCUT2D eigenvalue weighted by Gasteiger charge is -2.04. The van der Waals surface area contributed by atoms with Crippen LogP contribution >= 0.6 is 0 Å². The third-order valence-corrected chi connectivity index (χ3v) is 4.70. The molecule has 0 aliphatic heterocycles. The highest BCUT2D eigenvalue weighted by atomic mass is 16.5. The number of allylic oxidation sites excluding steroid dienone is 1. The second-order valence-corrected chi connectivity index (χ2v) is 6.92. The van der Waals surface area contributed by atoms with Crippen LogP contribution in [0.25, 0.3) is 28.9 Å². The SMILES string of the molecule is Cc1ccc(-c2noc(/C(C#N)=C\c3cc(C)n(-c4cc(C)on4)c3C)n2)cc1. The van der Waals surface area contributed by atoms with Gasteiger partial charge in [-0.2, -0.15) is 10.2 Å². The zero-order valence-corrected chi connectivity index (χ0v) is 16.6. The summed E-state index contributed by atoms with van der Waals surface area (Å²) < 4.78 is 12.5. The Morgan fingerprint density at radius 3 is 2.45 bits per heavy atom. The number of nitriles is 1. The predicted molar refractivity (Wildman–Crippen MR) is 108 cm³/mol. The van der Waals surface area contributed by atoms with Crippen molar-refractivity contribution in [3.63, 3.8) is 0 Å². The molecule has 3 aromatic heterocycles. The van der Waals surface area contributed by atoms with E-state index in [1.165, 1.54) is 0 Å². The van der Waals surface area contributed by atoms with E-state index in [9.17, 15) is 5.26 Å². The minimum atomic E-state index is 0.185. The second-order valence-electron chi connectivity index (χ2n) is 6.92. The summed E-state index contributed by atoms with van der Waals surface area (Å²) in [4.78, 5) is 4.40. The van der Waals surface area contributed by atoms with E-state index in [4.69, 9.17) is 9.05 Å². The molecule has 4 aromatic rings. The molecule has 0 radical (unpaired) electrons. The minimum absolute atomic E-state index is 0.185. The van der Waals surface area contributed by atoms with Crippen LogP contribution in [0.4, 0.5) is 0 Å². The van der Waals surface area contributed by atoms with Gasteiger partial charge < -0.3 is 9.05 Å². The lowest BCUT2D eigenvalue weighted by molar-refractivity contribution is 0.394. The smallest absolute Gasteiger partial charge is 0.268 e. The first-order valence-corrected chi connectivity index (χ1v) is 9.12. The first-order valence-electron chi connectivity index (χ1n) is 9.12. The molecule has 0 fully saturated rings. The zero-order valence-electron chi connectivity index (χ0n) is 16.6. The summed E-state index contributed by atoms with van der Waals surface area (Å²) in [5, 5.41) is 17.8. The summed E-state index contributed by atoms with van der Waals surface area (Å²) in [6.45, 7) is 7.80. The number of hydrogen-bond acceptors (Lipinski definition) is 6. The van der Waals surface area contributed by atoms with Crippen molar-refractivity contribution in [3.05, 3.63) is 70.6 Å². The van der Waals surface area contributed by atoms with Crippen molar-refractivity contribution in [1.29, 1.82) is 5.26 Å². The maximum Gasteiger partial charge on any atom is 0.268 e. The molecule has 0 N–H and O–H groups in total. The summed E-state index contributed by atoms with van der Waals surface area (Å²) in [6.07, 6.45) is 1.75. The quantitative estimate of drug-likeness (QED) is 0.468. The van der Waals surface area contributed by atoms with Crippen LogP contribution in [0.1, 0.15) is 34.2 Å². The number of hydrogen-bond donors (Lipinski definition) is 0. The van der Waals surface area contributed by atoms with Gasteiger partial charge in [0.15, 0.2) is 5.82 Å². The van der Waals surface area contributed by atoms with Crippen LogP contribution in [0.5, 0.6) is 0 Å². The van der Waals surface area contributed by atoms with E-state index in [2.05, 4.69) is 21.4 Å². The van der Waals surface area contributed by atoms with E-state index < -0.39 is 0 Å². The molecule has 7 heteroatoms. The molecule has 0 saturated heterocycles. The van der Waals surface area contributed by atoms with Crippen molar-refractivity contribution in [2.45, 2.75) is 27.7 Å². The van der Waals surface area contributed by atoms with Gasteiger partial charge in [-0.15, -0.1) is 0 Å². The Balaban J connectivity index is 1.71. The van der Waals surface area contributed by atoms with Gasteiger partial charge in [0.2, 0.25) is 5.82 Å². The molecular weight excluding hydrogens is 366 g/mol. The molecule has 0 spiro atoms. The fourth-order valence-corrected chi connectivity index (χ4v) is 3.20. The molecule has 0 unspecified atom stereocenters. The Kier molecular flexibility index (Phi) is 4.61. The summed E-state index contributed by atoms with van der Waals surface area (Å²) in [7, 11) is 0. The third-order valence-electron chi connectivity index (χ3n) is 4.70. The molecule has 0 bridgehead atoms. The average Bonchev–Trinajstić information content (AvgIpc) is 3.40. The van der Waals surface area contributed by atoms with Crippen LogP contribution in [0.15, 0.2) is 45.4 Å². The second kappa shape index (κ2) is 7.24. The highest BCUT2D eigenvalue weighted by molar-refractivity contribution is 5.87. The number of benzene rings is 1. The van der Waals surface area contributed by atoms with Crippen LogP contribution < -0.4 is 0 Å². The Bertz CT molecular complexity index is 1250. The van der Waals surface area contributed by atoms with Crippen molar-refractivity contribution < 1.29 is 9.05 Å². The highest BCUT2D eigenvalue weighted by Gasteiger charge is 2.16. The van der Waals surface area contributed by atoms with Crippen LogP contribution in [-0.4, -0.2) is 19.9 Å². The van der Waals surface area contributed by atoms with Crippen molar-refractivity contribution in [2.75, 3.05) is 0 Å². The monoisotopic (exact) mass is 385 g/mol. The number of nitrogens with zero attached hydrogens (tertiary/aromatic N) is 5. The van der Waals surface area contributed by atoms with E-state index in [1.54, 1.807) is 6.08 Å². The molecule has 7 nitrogen and oxygen atoms in total. The average molecular weight is 385 g/mol. The first-order chi connectivity index (χ1) is 14.0. The molecule has 0 aliphatic rings. The maximum absolute atomic E-state index is 9.66. The molecule has 1 aromatic carbocycles. The Labute approximate surface area is 167 Å². The van der Waals surface area contributed by atoms with E-state index in [0.29, 0.717) is 17.2 Å². The molecule has 0 amide bonds. The van der Waals surface area contributed by atoms with Gasteiger partial charge in [-0.3, -0.25) is 4.57 Å². The van der Waals surface area contributed by atoms with Gasteiger partial charge in [-0.25, -0.2) is 0 Å². The standard InChI is InChI=1S/C22H19N5O2/c1-13-5-7-17(8-6-13)21-24-22(29-26-21)19(12-23)11-18-9-14(2)27(16(18)4)20-10-15(3)28-25-20/h5-11H,1-4H3/b19-11-. The van der Waals surface area contributed by atoms with Gasteiger partial charge in [-0.05, 0) is 45.4 Å². The topological polar surface area (TPSA) is 93.7 Å². The Hall–Kier alpha value is -3.92. The van der Waals surface area contributed by atoms with Crippen LogP contribution in [0.2, 0.25) is 0 Å². The molecule has 4 rings (SSSR count). The molecule has 29 heavy (non-hydrogen) atoms. The molecular formula is C22H19N5O2. The predicted octanol–water partition coefficient (Wildman–Crippen LogP) is 4.81. The number of aryl methyl sites for hydroxylation is 3. The number of rotatable bonds is 4. The first kappa shape index (κ1) is 18.4. The van der Waals surface area contributed by atoms with Gasteiger partial charge in [0, 0.05) is 23.0 Å². The summed E-state index contributed by atoms with van der Waals surface area (Å²) in [5.74, 6) is 2.07. The van der Waals surface area contributed by atoms with Crippen LogP contribution in [-0.2, 0) is 0 Å². The van der Waals surface area contributed by atoms with E-state index in [-0.39, 0.29) is 5.89 Å². The maximum atomic E-state index is 9.66. The normalized spacial score (nSPS) is 11.6. The van der Waals surface area contributed by atoms with Crippen molar-refractivity contribution in [1.82, 2.24) is 19.9 Å². The van der Waals surface area contributed by atoms with Gasteiger partial charge >= 0.3 is 0 Å². The Morgan fingerprint density at radius 1 is 1.03 bits per heavy atom. The third kappa shape index (κ3) is 3.48. The van der Waals surface area contributed by atoms with Gasteiger partial charge in [-0.1, -0.05) is 40.1 Å².